The molecule has 0 aliphatic heterocycles. The van der Waals surface area contributed by atoms with E-state index < -0.39 is 23.8 Å². The van der Waals surface area contributed by atoms with Gasteiger partial charge in [-0.05, 0) is 77.9 Å². The Hall–Kier alpha value is -5.83. The average Bonchev–Trinajstić information content (AvgIpc) is 3.54. The van der Waals surface area contributed by atoms with Crippen LogP contribution in [0.2, 0.25) is 0 Å². The molecule has 0 aliphatic rings. The van der Waals surface area contributed by atoms with Gasteiger partial charge in [-0.3, -0.25) is 9.59 Å². The summed E-state index contributed by atoms with van der Waals surface area (Å²) in [4.78, 5) is 27.7. The van der Waals surface area contributed by atoms with Crippen molar-refractivity contribution in [1.29, 1.82) is 0 Å². The van der Waals surface area contributed by atoms with Crippen LogP contribution in [-0.2, 0) is 21.7 Å². The zero-order valence-electron chi connectivity index (χ0n) is 30.7. The van der Waals surface area contributed by atoms with Gasteiger partial charge >= 0.3 is 5.97 Å². The van der Waals surface area contributed by atoms with Crippen LogP contribution in [0.3, 0.4) is 0 Å². The molecule has 1 aromatic heterocycles. The van der Waals surface area contributed by atoms with Crippen molar-refractivity contribution in [3.63, 3.8) is 0 Å². The maximum Gasteiger partial charge on any atom is 0.308 e. The number of halogens is 1. The fourth-order valence-electron chi connectivity index (χ4n) is 7.13. The number of para-hydroxylation sites is 1. The molecule has 0 aliphatic carbocycles. The lowest BCUT2D eigenvalue weighted by molar-refractivity contribution is -0.162. The normalized spacial score (nSPS) is 12.6. The molecule has 8 heteroatoms. The van der Waals surface area contributed by atoms with E-state index in [1.165, 1.54) is 12.1 Å². The lowest BCUT2D eigenvalue weighted by Gasteiger charge is -2.35. The van der Waals surface area contributed by atoms with Crippen molar-refractivity contribution >= 4 is 17.6 Å². The maximum absolute atomic E-state index is 14.3. The highest BCUT2D eigenvalue weighted by molar-refractivity contribution is 6.12. The molecule has 7 nitrogen and oxygen atoms in total. The first-order valence-electron chi connectivity index (χ1n) is 18.2. The number of benzene rings is 5. The molecular formula is C46H45FN2O5. The predicted molar refractivity (Wildman–Crippen MR) is 210 cm³/mol. The molecular weight excluding hydrogens is 680 g/mol. The molecule has 1 heterocycles. The van der Waals surface area contributed by atoms with Crippen LogP contribution >= 0.6 is 0 Å². The first-order chi connectivity index (χ1) is 26.1. The minimum atomic E-state index is -1.63. The van der Waals surface area contributed by atoms with E-state index in [0.29, 0.717) is 39.2 Å². The van der Waals surface area contributed by atoms with E-state index in [9.17, 15) is 24.2 Å². The van der Waals surface area contributed by atoms with E-state index >= 15 is 0 Å². The SMILES string of the molecule is CC(C)c1c(C(=O)Nc2ccccc2)c(-c2ccccc2)c(-c2ccc(F)cc2)n1CCC(O)CC(=O)O[C@@H](C)C(O)(c1ccccc1)c1ccccc1. The number of nitrogens with one attached hydrogen (secondary N) is 1. The Kier molecular flexibility index (Phi) is 11.9. The molecule has 0 saturated heterocycles. The summed E-state index contributed by atoms with van der Waals surface area (Å²) in [5.41, 5.74) is 4.24. The summed E-state index contributed by atoms with van der Waals surface area (Å²) in [6, 6.07) is 43.1. The molecule has 0 fully saturated rings. The number of rotatable bonds is 14. The number of ether oxygens (including phenoxy) is 1. The van der Waals surface area contributed by atoms with Crippen LogP contribution in [0.25, 0.3) is 22.4 Å². The highest BCUT2D eigenvalue weighted by atomic mass is 19.1. The summed E-state index contributed by atoms with van der Waals surface area (Å²) in [5, 5.41) is 26.5. The van der Waals surface area contributed by atoms with Crippen molar-refractivity contribution in [1.82, 2.24) is 4.57 Å². The van der Waals surface area contributed by atoms with Gasteiger partial charge in [0.1, 0.15) is 11.9 Å². The molecule has 6 aromatic rings. The molecule has 0 spiro atoms. The van der Waals surface area contributed by atoms with Crippen LogP contribution < -0.4 is 5.32 Å². The summed E-state index contributed by atoms with van der Waals surface area (Å²) in [7, 11) is 0. The Balaban J connectivity index is 1.32. The van der Waals surface area contributed by atoms with Gasteiger partial charge in [0.25, 0.3) is 5.91 Å². The fourth-order valence-corrected chi connectivity index (χ4v) is 7.13. The van der Waals surface area contributed by atoms with Crippen LogP contribution in [0.15, 0.2) is 146 Å². The van der Waals surface area contributed by atoms with Gasteiger partial charge in [0.2, 0.25) is 0 Å². The Labute approximate surface area is 315 Å². The Bertz CT molecular complexity index is 2110. The van der Waals surface area contributed by atoms with Crippen LogP contribution in [0, 0.1) is 5.82 Å². The van der Waals surface area contributed by atoms with Crippen LogP contribution in [0.5, 0.6) is 0 Å². The Morgan fingerprint density at radius 2 is 1.26 bits per heavy atom. The molecule has 276 valence electrons. The number of amides is 1. The molecule has 0 bridgehead atoms. The van der Waals surface area contributed by atoms with Gasteiger partial charge in [-0.2, -0.15) is 0 Å². The number of nitrogens with zero attached hydrogens (tertiary/aromatic N) is 1. The number of aliphatic hydroxyl groups excluding tert-OH is 1. The molecule has 5 aromatic carbocycles. The molecule has 0 saturated carbocycles. The molecule has 6 rings (SSSR count). The smallest absolute Gasteiger partial charge is 0.308 e. The Morgan fingerprint density at radius 3 is 1.80 bits per heavy atom. The van der Waals surface area contributed by atoms with E-state index in [-0.39, 0.29) is 37.0 Å². The molecule has 0 radical (unpaired) electrons. The van der Waals surface area contributed by atoms with E-state index in [4.69, 9.17) is 4.74 Å². The van der Waals surface area contributed by atoms with Crippen molar-refractivity contribution in [2.45, 2.75) is 63.9 Å². The van der Waals surface area contributed by atoms with Gasteiger partial charge in [0.15, 0.2) is 5.60 Å². The third-order valence-electron chi connectivity index (χ3n) is 9.70. The summed E-state index contributed by atoms with van der Waals surface area (Å²) in [6.45, 7) is 5.88. The number of hydrogen-bond acceptors (Lipinski definition) is 5. The van der Waals surface area contributed by atoms with Gasteiger partial charge < -0.3 is 24.8 Å². The number of anilines is 1. The van der Waals surface area contributed by atoms with Gasteiger partial charge in [0, 0.05) is 23.5 Å². The molecule has 1 amide bonds. The van der Waals surface area contributed by atoms with Gasteiger partial charge in [-0.15, -0.1) is 0 Å². The molecule has 54 heavy (non-hydrogen) atoms. The minimum absolute atomic E-state index is 0.141. The predicted octanol–water partition coefficient (Wildman–Crippen LogP) is 9.35. The van der Waals surface area contributed by atoms with Crippen LogP contribution in [0.1, 0.15) is 66.7 Å². The lowest BCUT2D eigenvalue weighted by atomic mass is 9.82. The first-order valence-corrected chi connectivity index (χ1v) is 18.2. The van der Waals surface area contributed by atoms with E-state index in [1.54, 1.807) is 43.3 Å². The standard InChI is InChI=1S/C46H45FN2O5/c1-31(2)43-42(45(52)48-38-22-14-7-15-23-38)41(33-16-8-4-9-17-33)44(34-24-26-37(47)27-25-34)49(43)29-28-39(50)30-40(51)54-32(3)46(53,35-18-10-5-11-19-35)36-20-12-6-13-21-36/h4-27,31-32,39,50,53H,28-30H2,1-3H3,(H,48,52)/t32-,39?/m0/s1. The zero-order chi connectivity index (χ0) is 38.2. The first kappa shape index (κ1) is 37.9. The second-order valence-electron chi connectivity index (χ2n) is 13.8. The van der Waals surface area contributed by atoms with Crippen LogP contribution in [0.4, 0.5) is 10.1 Å². The molecule has 1 unspecified atom stereocenters. The van der Waals surface area contributed by atoms with Gasteiger partial charge in [0.05, 0.1) is 23.8 Å². The Morgan fingerprint density at radius 1 is 0.741 bits per heavy atom. The quantitative estimate of drug-likeness (QED) is 0.0973. The highest BCUT2D eigenvalue weighted by Crippen LogP contribution is 2.43. The van der Waals surface area contributed by atoms with Crippen LogP contribution in [-0.4, -0.2) is 38.9 Å². The summed E-state index contributed by atoms with van der Waals surface area (Å²) in [5.74, 6) is -1.49. The van der Waals surface area contributed by atoms with Crippen molar-refractivity contribution in [3.05, 3.63) is 174 Å². The second kappa shape index (κ2) is 16.9. The number of hydrogen-bond donors (Lipinski definition) is 3. The van der Waals surface area contributed by atoms with Crippen molar-refractivity contribution in [2.75, 3.05) is 5.32 Å². The third-order valence-corrected chi connectivity index (χ3v) is 9.70. The molecule has 2 atom stereocenters. The molecule has 3 N–H and O–H groups in total. The number of aromatic nitrogens is 1. The van der Waals surface area contributed by atoms with E-state index in [0.717, 1.165) is 11.3 Å². The number of esters is 1. The monoisotopic (exact) mass is 724 g/mol. The average molecular weight is 725 g/mol. The summed E-state index contributed by atoms with van der Waals surface area (Å²) >= 11 is 0. The van der Waals surface area contributed by atoms with E-state index in [1.807, 2.05) is 115 Å². The number of carbonyl (C=O) groups excluding carboxylic acids is 2. The topological polar surface area (TPSA) is 101 Å². The summed E-state index contributed by atoms with van der Waals surface area (Å²) < 4.78 is 22.1. The van der Waals surface area contributed by atoms with Crippen molar-refractivity contribution < 1.29 is 28.9 Å². The zero-order valence-corrected chi connectivity index (χ0v) is 30.7. The third kappa shape index (κ3) is 8.20. The fraction of sp³-hybridized carbons (Fsp3) is 0.217. The van der Waals surface area contributed by atoms with Gasteiger partial charge in [-0.1, -0.05) is 123 Å². The summed E-state index contributed by atoms with van der Waals surface area (Å²) in [6.07, 6.45) is -2.28. The number of carbonyl (C=O) groups is 2. The highest BCUT2D eigenvalue weighted by Gasteiger charge is 2.40. The van der Waals surface area contributed by atoms with E-state index in [2.05, 4.69) is 5.32 Å². The minimum Gasteiger partial charge on any atom is -0.459 e. The number of aliphatic hydroxyl groups is 2. The largest absolute Gasteiger partial charge is 0.459 e. The van der Waals surface area contributed by atoms with Gasteiger partial charge in [-0.25, -0.2) is 4.39 Å². The lowest BCUT2D eigenvalue weighted by Crippen LogP contribution is -2.42. The van der Waals surface area contributed by atoms with Crippen molar-refractivity contribution in [3.8, 4) is 22.4 Å². The maximum atomic E-state index is 14.3. The van der Waals surface area contributed by atoms with Crippen molar-refractivity contribution in [2.24, 2.45) is 0 Å². The second-order valence-corrected chi connectivity index (χ2v) is 13.8.